The molecule has 12 nitrogen and oxygen atoms in total. The lowest BCUT2D eigenvalue weighted by Crippen LogP contribution is -2.59. The zero-order valence-corrected chi connectivity index (χ0v) is 37.9. The van der Waals surface area contributed by atoms with Gasteiger partial charge in [0.2, 0.25) is 23.6 Å². The molecule has 12 heteroatoms. The highest BCUT2D eigenvalue weighted by atomic mass is 16.5. The third kappa shape index (κ3) is 13.1. The monoisotopic (exact) mass is 804 g/mol. The highest BCUT2D eigenvalue weighted by Crippen LogP contribution is 2.30. The van der Waals surface area contributed by atoms with Crippen molar-refractivity contribution in [2.24, 2.45) is 29.1 Å². The third-order valence-corrected chi connectivity index (χ3v) is 12.4. The van der Waals surface area contributed by atoms with Crippen LogP contribution in [-0.4, -0.2) is 128 Å². The Hall–Kier alpha value is -3.35. The van der Waals surface area contributed by atoms with E-state index in [1.165, 1.54) is 0 Å². The van der Waals surface area contributed by atoms with Crippen molar-refractivity contribution in [1.29, 1.82) is 0 Å². The predicted octanol–water partition coefficient (Wildman–Crippen LogP) is 5.86. The van der Waals surface area contributed by atoms with Crippen LogP contribution in [0.25, 0.3) is 0 Å². The number of nitrogens with zero attached hydrogens (tertiary/aromatic N) is 3. The predicted molar refractivity (Wildman–Crippen MR) is 231 cm³/mol. The van der Waals surface area contributed by atoms with Gasteiger partial charge in [0.1, 0.15) is 6.04 Å². The Morgan fingerprint density at radius 2 is 1.51 bits per heavy atom. The van der Waals surface area contributed by atoms with E-state index in [0.29, 0.717) is 25.8 Å². The summed E-state index contributed by atoms with van der Waals surface area (Å²) in [5.74, 6) is -1.73. The number of methoxy groups -OCH3 is 2. The molecule has 1 aromatic carbocycles. The standard InChI is InChI=1S/C45H77N5O7.2H2/c1-16-30(7)39(49(13)44(55)37(28(3)4)47-43(54)38(29(5)6)48(11)12)35(56-14)27-36(51)50-25-21-24-34(50)40(57-15)31(8)42(53)46-33(41(52)45(9,10)17-2)26-32-22-19-18-20-23-32;;/h18-20,22-23,28-31,33-35,37-40H,16-17,21,24-27H2,1-15H3,(H,46,53)(H,47,54);2*1H/t30-,31+,33-,34?,35+,37?,38?,39?,40+;;/m0../s1. The number of carbonyl (C=O) groups is 5. The fourth-order valence-corrected chi connectivity index (χ4v) is 8.42. The van der Waals surface area contributed by atoms with Gasteiger partial charge in [0.25, 0.3) is 0 Å². The molecule has 2 rings (SSSR count). The van der Waals surface area contributed by atoms with Crippen molar-refractivity contribution >= 4 is 29.4 Å². The van der Waals surface area contributed by atoms with Crippen LogP contribution >= 0.6 is 0 Å². The molecule has 0 aliphatic carbocycles. The van der Waals surface area contributed by atoms with Crippen molar-refractivity contribution < 1.29 is 36.3 Å². The van der Waals surface area contributed by atoms with E-state index in [1.54, 1.807) is 38.0 Å². The molecule has 1 heterocycles. The van der Waals surface area contributed by atoms with Crippen LogP contribution in [0.4, 0.5) is 0 Å². The molecule has 0 aromatic heterocycles. The van der Waals surface area contributed by atoms with E-state index in [9.17, 15) is 24.0 Å². The smallest absolute Gasteiger partial charge is 0.245 e. The number of benzene rings is 1. The van der Waals surface area contributed by atoms with Crippen LogP contribution in [0.2, 0.25) is 0 Å². The number of hydrogen-bond acceptors (Lipinski definition) is 8. The summed E-state index contributed by atoms with van der Waals surface area (Å²) in [5, 5.41) is 6.12. The highest BCUT2D eigenvalue weighted by Gasteiger charge is 2.44. The van der Waals surface area contributed by atoms with Gasteiger partial charge < -0.3 is 29.9 Å². The van der Waals surface area contributed by atoms with Crippen molar-refractivity contribution in [1.82, 2.24) is 25.3 Å². The van der Waals surface area contributed by atoms with Crippen molar-refractivity contribution in [2.45, 2.75) is 150 Å². The van der Waals surface area contributed by atoms with E-state index in [0.717, 1.165) is 18.4 Å². The molecule has 1 fully saturated rings. The van der Waals surface area contributed by atoms with Crippen LogP contribution < -0.4 is 10.6 Å². The first-order valence-electron chi connectivity index (χ1n) is 21.2. The second-order valence-electron chi connectivity index (χ2n) is 17.8. The Morgan fingerprint density at radius 1 is 0.895 bits per heavy atom. The average molecular weight is 804 g/mol. The molecule has 1 aromatic rings. The number of ether oxygens (including phenoxy) is 2. The quantitative estimate of drug-likeness (QED) is 0.141. The van der Waals surface area contributed by atoms with Gasteiger partial charge in [-0.05, 0) is 63.1 Å². The van der Waals surface area contributed by atoms with Gasteiger partial charge in [-0.25, -0.2) is 0 Å². The first kappa shape index (κ1) is 49.8. The van der Waals surface area contributed by atoms with Crippen LogP contribution in [0.3, 0.4) is 0 Å². The summed E-state index contributed by atoms with van der Waals surface area (Å²) in [6.07, 6.45) is 1.91. The van der Waals surface area contributed by atoms with Gasteiger partial charge in [-0.2, -0.15) is 0 Å². The maximum Gasteiger partial charge on any atom is 0.245 e. The zero-order chi connectivity index (χ0) is 43.4. The van der Waals surface area contributed by atoms with Crippen molar-refractivity contribution in [2.75, 3.05) is 41.9 Å². The fourth-order valence-electron chi connectivity index (χ4n) is 8.42. The van der Waals surface area contributed by atoms with Crippen LogP contribution in [0.1, 0.15) is 110 Å². The first-order chi connectivity index (χ1) is 26.7. The molecule has 0 radical (unpaired) electrons. The lowest BCUT2D eigenvalue weighted by atomic mass is 9.80. The number of hydrogen-bond donors (Lipinski definition) is 2. The minimum absolute atomic E-state index is 0. The minimum Gasteiger partial charge on any atom is -0.379 e. The molecule has 1 saturated heterocycles. The van der Waals surface area contributed by atoms with E-state index in [1.807, 2.05) is 112 Å². The molecule has 4 unspecified atom stereocenters. The molecular formula is C45H81N5O7. The number of likely N-dealkylation sites (tertiary alicyclic amines) is 1. The molecule has 57 heavy (non-hydrogen) atoms. The maximum atomic E-state index is 14.3. The molecule has 0 bridgehead atoms. The van der Waals surface area contributed by atoms with Gasteiger partial charge in [0, 0.05) is 36.1 Å². The summed E-state index contributed by atoms with van der Waals surface area (Å²) < 4.78 is 12.1. The van der Waals surface area contributed by atoms with E-state index in [2.05, 4.69) is 10.6 Å². The number of rotatable bonds is 23. The molecule has 4 amide bonds. The number of nitrogens with one attached hydrogen (secondary N) is 2. The summed E-state index contributed by atoms with van der Waals surface area (Å²) in [5.41, 5.74) is 0.331. The summed E-state index contributed by atoms with van der Waals surface area (Å²) >= 11 is 0. The van der Waals surface area contributed by atoms with Crippen molar-refractivity contribution in [3.05, 3.63) is 35.9 Å². The molecule has 1 aliphatic heterocycles. The van der Waals surface area contributed by atoms with Gasteiger partial charge in [0.05, 0.1) is 48.7 Å². The Bertz CT molecular complexity index is 1460. The summed E-state index contributed by atoms with van der Waals surface area (Å²) in [6.45, 7) is 20.0. The Morgan fingerprint density at radius 3 is 2.00 bits per heavy atom. The topological polar surface area (TPSA) is 138 Å². The minimum atomic E-state index is -0.767. The zero-order valence-electron chi connectivity index (χ0n) is 37.9. The third-order valence-electron chi connectivity index (χ3n) is 12.4. The molecule has 2 N–H and O–H groups in total. The van der Waals surface area contributed by atoms with Gasteiger partial charge >= 0.3 is 0 Å². The summed E-state index contributed by atoms with van der Waals surface area (Å²) in [6, 6.07) is 6.96. The van der Waals surface area contributed by atoms with Crippen LogP contribution in [-0.2, 0) is 39.9 Å². The van der Waals surface area contributed by atoms with Crippen molar-refractivity contribution in [3.8, 4) is 0 Å². The molecular weight excluding hydrogens is 723 g/mol. The second-order valence-corrected chi connectivity index (χ2v) is 17.8. The van der Waals surface area contributed by atoms with Crippen LogP contribution in [0.15, 0.2) is 30.3 Å². The largest absolute Gasteiger partial charge is 0.379 e. The van der Waals surface area contributed by atoms with E-state index in [4.69, 9.17) is 9.47 Å². The van der Waals surface area contributed by atoms with Crippen molar-refractivity contribution in [3.63, 3.8) is 0 Å². The molecule has 0 spiro atoms. The summed E-state index contributed by atoms with van der Waals surface area (Å²) in [4.78, 5) is 75.2. The molecule has 9 atom stereocenters. The molecule has 328 valence electrons. The Labute approximate surface area is 347 Å². The first-order valence-corrected chi connectivity index (χ1v) is 21.2. The number of likely N-dealkylation sites (N-methyl/N-ethyl adjacent to an activating group) is 2. The average Bonchev–Trinajstić information content (AvgIpc) is 3.65. The second kappa shape index (κ2) is 22.7. The molecule has 1 aliphatic rings. The van der Waals surface area contributed by atoms with Crippen LogP contribution in [0.5, 0.6) is 0 Å². The lowest BCUT2D eigenvalue weighted by molar-refractivity contribution is -0.148. The maximum absolute atomic E-state index is 14.3. The number of amides is 4. The SMILES string of the molecule is CC[C@H](C)C([C@@H](CC(=O)N1CCCC1[C@H](OC)[C@@H](C)C(=O)N[C@@H](Cc1ccccc1)C(=O)C(C)(C)CC)OC)N(C)C(=O)C(NC(=O)C(C(C)C)N(C)C)C(C)C.[HH].[HH]. The van der Waals surface area contributed by atoms with E-state index < -0.39 is 47.7 Å². The number of Topliss-reactive ketones (excluding diaryl/α,β-unsaturated/α-hetero) is 1. The normalized spacial score (nSPS) is 19.1. The van der Waals surface area contributed by atoms with Gasteiger partial charge in [-0.3, -0.25) is 28.9 Å². The highest BCUT2D eigenvalue weighted by molar-refractivity contribution is 5.93. The Kier molecular flexibility index (Phi) is 19.8. The number of ketones is 1. The van der Waals surface area contributed by atoms with E-state index >= 15 is 0 Å². The van der Waals surface area contributed by atoms with Gasteiger partial charge in [-0.15, -0.1) is 0 Å². The summed E-state index contributed by atoms with van der Waals surface area (Å²) in [7, 11) is 8.58. The Balaban J connectivity index is 0.0000168. The van der Waals surface area contributed by atoms with Gasteiger partial charge in [-0.1, -0.05) is 106 Å². The van der Waals surface area contributed by atoms with Gasteiger partial charge in [0.15, 0.2) is 5.78 Å². The van der Waals surface area contributed by atoms with E-state index in [-0.39, 0.29) is 62.5 Å². The fraction of sp³-hybridized carbons (Fsp3) is 0.756. The number of carbonyl (C=O) groups excluding carboxylic acids is 5. The van der Waals surface area contributed by atoms with Crippen LogP contribution in [0, 0.1) is 29.1 Å². The molecule has 0 saturated carbocycles. The lowest BCUT2D eigenvalue weighted by Gasteiger charge is -2.41.